The van der Waals surface area contributed by atoms with Crippen LogP contribution in [0.25, 0.3) is 6.08 Å². The molecule has 21 heavy (non-hydrogen) atoms. The van der Waals surface area contributed by atoms with Crippen molar-refractivity contribution >= 4 is 29.3 Å². The number of carboxylic acid groups (broad SMARTS) is 1. The van der Waals surface area contributed by atoms with Crippen molar-refractivity contribution in [3.05, 3.63) is 27.5 Å². The van der Waals surface area contributed by atoms with Crippen LogP contribution < -0.4 is 5.32 Å². The van der Waals surface area contributed by atoms with Gasteiger partial charge in [-0.05, 0) is 44.4 Å². The SMILES string of the molecule is CCOC1CC(NC(=O)c2cc(C)c(/C=C/C(=O)O)s2)C1. The maximum Gasteiger partial charge on any atom is 0.328 e. The predicted molar refractivity (Wildman–Crippen MR) is 81.6 cm³/mol. The highest BCUT2D eigenvalue weighted by Crippen LogP contribution is 2.26. The van der Waals surface area contributed by atoms with Crippen LogP contribution >= 0.6 is 11.3 Å². The normalized spacial score (nSPS) is 21.2. The molecule has 0 atom stereocenters. The van der Waals surface area contributed by atoms with Crippen LogP contribution in [-0.2, 0) is 9.53 Å². The molecule has 1 aromatic rings. The Morgan fingerprint density at radius 2 is 2.24 bits per heavy atom. The summed E-state index contributed by atoms with van der Waals surface area (Å²) >= 11 is 1.30. The third-order valence-corrected chi connectivity index (χ3v) is 4.59. The summed E-state index contributed by atoms with van der Waals surface area (Å²) in [5.74, 6) is -1.09. The topological polar surface area (TPSA) is 75.6 Å². The van der Waals surface area contributed by atoms with E-state index in [1.807, 2.05) is 13.8 Å². The number of carboxylic acids is 1. The lowest BCUT2D eigenvalue weighted by molar-refractivity contribution is -0.131. The molecule has 1 fully saturated rings. The number of amides is 1. The second-order valence-corrected chi connectivity index (χ2v) is 6.13. The number of rotatable bonds is 6. The summed E-state index contributed by atoms with van der Waals surface area (Å²) in [6.07, 6.45) is 4.58. The van der Waals surface area contributed by atoms with Crippen molar-refractivity contribution in [2.24, 2.45) is 0 Å². The minimum absolute atomic E-state index is 0.0991. The van der Waals surface area contributed by atoms with Crippen LogP contribution in [0.3, 0.4) is 0 Å². The number of carbonyl (C=O) groups is 2. The van der Waals surface area contributed by atoms with Crippen molar-refractivity contribution < 1.29 is 19.4 Å². The molecule has 1 aliphatic carbocycles. The van der Waals surface area contributed by atoms with Gasteiger partial charge >= 0.3 is 5.97 Å². The lowest BCUT2D eigenvalue weighted by Gasteiger charge is -2.35. The van der Waals surface area contributed by atoms with Gasteiger partial charge in [-0.2, -0.15) is 0 Å². The van der Waals surface area contributed by atoms with Gasteiger partial charge in [-0.25, -0.2) is 4.79 Å². The van der Waals surface area contributed by atoms with Crippen molar-refractivity contribution in [3.8, 4) is 0 Å². The zero-order valence-corrected chi connectivity index (χ0v) is 12.9. The first-order valence-electron chi connectivity index (χ1n) is 6.93. The maximum atomic E-state index is 12.1. The fraction of sp³-hybridized carbons (Fsp3) is 0.467. The van der Waals surface area contributed by atoms with Gasteiger partial charge in [-0.1, -0.05) is 0 Å². The molecular formula is C15H19NO4S. The third kappa shape index (κ3) is 4.15. The predicted octanol–water partition coefficient (Wildman–Crippen LogP) is 2.45. The average Bonchev–Trinajstić information content (AvgIpc) is 2.75. The summed E-state index contributed by atoms with van der Waals surface area (Å²) in [4.78, 5) is 24.1. The van der Waals surface area contributed by atoms with Crippen LogP contribution in [0.1, 0.15) is 39.9 Å². The Bertz CT molecular complexity index is 558. The van der Waals surface area contributed by atoms with E-state index in [1.54, 1.807) is 6.07 Å². The highest BCUT2D eigenvalue weighted by atomic mass is 32.1. The first-order chi connectivity index (χ1) is 9.99. The Morgan fingerprint density at radius 3 is 2.86 bits per heavy atom. The van der Waals surface area contributed by atoms with Crippen LogP contribution in [0.5, 0.6) is 0 Å². The quantitative estimate of drug-likeness (QED) is 0.792. The van der Waals surface area contributed by atoms with Gasteiger partial charge < -0.3 is 15.2 Å². The van der Waals surface area contributed by atoms with Crippen molar-refractivity contribution in [2.45, 2.75) is 38.8 Å². The molecule has 0 aliphatic heterocycles. The molecule has 0 aromatic carbocycles. The van der Waals surface area contributed by atoms with E-state index in [1.165, 1.54) is 17.4 Å². The fourth-order valence-electron chi connectivity index (χ4n) is 2.23. The van der Waals surface area contributed by atoms with E-state index < -0.39 is 5.97 Å². The number of hydrogen-bond donors (Lipinski definition) is 2. The van der Waals surface area contributed by atoms with Gasteiger partial charge in [0.25, 0.3) is 5.91 Å². The van der Waals surface area contributed by atoms with Crippen LogP contribution in [0.15, 0.2) is 12.1 Å². The molecule has 6 heteroatoms. The summed E-state index contributed by atoms with van der Waals surface area (Å²) in [6, 6.07) is 1.97. The van der Waals surface area contributed by atoms with Gasteiger partial charge in [0.1, 0.15) is 0 Å². The van der Waals surface area contributed by atoms with E-state index in [0.717, 1.165) is 29.4 Å². The summed E-state index contributed by atoms with van der Waals surface area (Å²) in [6.45, 7) is 4.53. The summed E-state index contributed by atoms with van der Waals surface area (Å²) < 4.78 is 5.46. The lowest BCUT2D eigenvalue weighted by atomic mass is 9.89. The monoisotopic (exact) mass is 309 g/mol. The zero-order chi connectivity index (χ0) is 15.4. The van der Waals surface area contributed by atoms with Crippen molar-refractivity contribution in [3.63, 3.8) is 0 Å². The minimum atomic E-state index is -0.995. The molecule has 0 radical (unpaired) electrons. The van der Waals surface area contributed by atoms with E-state index in [-0.39, 0.29) is 18.1 Å². The molecule has 1 aromatic heterocycles. The van der Waals surface area contributed by atoms with Gasteiger partial charge in [0.15, 0.2) is 0 Å². The van der Waals surface area contributed by atoms with E-state index in [2.05, 4.69) is 5.32 Å². The largest absolute Gasteiger partial charge is 0.478 e. The minimum Gasteiger partial charge on any atom is -0.478 e. The van der Waals surface area contributed by atoms with Gasteiger partial charge in [-0.3, -0.25) is 4.79 Å². The standard InChI is InChI=1S/C15H19NO4S/c1-3-20-11-7-10(8-11)16-15(19)13-6-9(2)12(21-13)4-5-14(17)18/h4-6,10-11H,3,7-8H2,1-2H3,(H,16,19)(H,17,18)/b5-4+. The highest BCUT2D eigenvalue weighted by Gasteiger charge is 2.31. The number of aliphatic carboxylic acids is 1. The molecule has 2 N–H and O–H groups in total. The van der Waals surface area contributed by atoms with E-state index in [9.17, 15) is 9.59 Å². The highest BCUT2D eigenvalue weighted by molar-refractivity contribution is 7.15. The summed E-state index contributed by atoms with van der Waals surface area (Å²) in [5, 5.41) is 11.6. The number of ether oxygens (including phenoxy) is 1. The number of carbonyl (C=O) groups excluding carboxylic acids is 1. The number of thiophene rings is 1. The number of aryl methyl sites for hydroxylation is 1. The molecule has 114 valence electrons. The maximum absolute atomic E-state index is 12.1. The van der Waals surface area contributed by atoms with E-state index in [0.29, 0.717) is 11.5 Å². The molecule has 1 heterocycles. The second kappa shape index (κ2) is 6.87. The zero-order valence-electron chi connectivity index (χ0n) is 12.1. The van der Waals surface area contributed by atoms with Crippen LogP contribution in [-0.4, -0.2) is 35.7 Å². The summed E-state index contributed by atoms with van der Waals surface area (Å²) in [5.41, 5.74) is 0.906. The smallest absolute Gasteiger partial charge is 0.328 e. The first-order valence-corrected chi connectivity index (χ1v) is 7.75. The Labute approximate surface area is 127 Å². The molecule has 0 unspecified atom stereocenters. The molecule has 0 spiro atoms. The Balaban J connectivity index is 1.92. The second-order valence-electron chi connectivity index (χ2n) is 5.05. The van der Waals surface area contributed by atoms with E-state index in [4.69, 9.17) is 9.84 Å². The molecule has 2 rings (SSSR count). The number of nitrogens with one attached hydrogen (secondary N) is 1. The lowest BCUT2D eigenvalue weighted by Crippen LogP contribution is -2.47. The van der Waals surface area contributed by atoms with Gasteiger partial charge in [0.05, 0.1) is 11.0 Å². The van der Waals surface area contributed by atoms with Crippen molar-refractivity contribution in [1.82, 2.24) is 5.32 Å². The molecular weight excluding hydrogens is 290 g/mol. The Morgan fingerprint density at radius 1 is 1.52 bits per heavy atom. The fourth-order valence-corrected chi connectivity index (χ4v) is 3.21. The number of hydrogen-bond acceptors (Lipinski definition) is 4. The Kier molecular flexibility index (Phi) is 5.14. The van der Waals surface area contributed by atoms with Gasteiger partial charge in [-0.15, -0.1) is 11.3 Å². The summed E-state index contributed by atoms with van der Waals surface area (Å²) in [7, 11) is 0. The van der Waals surface area contributed by atoms with Crippen LogP contribution in [0.2, 0.25) is 0 Å². The molecule has 1 saturated carbocycles. The molecule has 1 aliphatic rings. The van der Waals surface area contributed by atoms with E-state index >= 15 is 0 Å². The molecule has 5 nitrogen and oxygen atoms in total. The van der Waals surface area contributed by atoms with Crippen molar-refractivity contribution in [2.75, 3.05) is 6.61 Å². The molecule has 1 amide bonds. The molecule has 0 bridgehead atoms. The third-order valence-electron chi connectivity index (χ3n) is 3.39. The van der Waals surface area contributed by atoms with Crippen LogP contribution in [0, 0.1) is 6.92 Å². The first kappa shape index (κ1) is 15.7. The van der Waals surface area contributed by atoms with Crippen molar-refractivity contribution in [1.29, 1.82) is 0 Å². The average molecular weight is 309 g/mol. The molecule has 0 saturated heterocycles. The van der Waals surface area contributed by atoms with Gasteiger partial charge in [0, 0.05) is 23.6 Å². The van der Waals surface area contributed by atoms with Crippen LogP contribution in [0.4, 0.5) is 0 Å². The Hall–Kier alpha value is -1.66. The van der Waals surface area contributed by atoms with Gasteiger partial charge in [0.2, 0.25) is 0 Å².